The second kappa shape index (κ2) is 6.68. The molecule has 0 amide bonds. The second-order valence-corrected chi connectivity index (χ2v) is 7.58. The molecular weight excluding hydrogens is 328 g/mol. The van der Waals surface area contributed by atoms with Crippen LogP contribution in [0.5, 0.6) is 5.88 Å². The van der Waals surface area contributed by atoms with Crippen molar-refractivity contribution in [2.24, 2.45) is 0 Å². The molecule has 6 nitrogen and oxygen atoms in total. The zero-order valence-electron chi connectivity index (χ0n) is 16.2. The van der Waals surface area contributed by atoms with E-state index in [0.29, 0.717) is 28.4 Å². The van der Waals surface area contributed by atoms with Crippen molar-refractivity contribution in [1.82, 2.24) is 19.7 Å². The lowest BCUT2D eigenvalue weighted by atomic mass is 9.86. The van der Waals surface area contributed by atoms with Crippen LogP contribution in [0.25, 0.3) is 11.0 Å². The van der Waals surface area contributed by atoms with E-state index in [9.17, 15) is 5.11 Å². The van der Waals surface area contributed by atoms with E-state index in [0.717, 1.165) is 5.56 Å². The number of aliphatic hydroxyl groups excluding tert-OH is 1. The summed E-state index contributed by atoms with van der Waals surface area (Å²) in [5.41, 5.74) is 3.72. The Morgan fingerprint density at radius 3 is 2.35 bits per heavy atom. The van der Waals surface area contributed by atoms with Crippen molar-refractivity contribution in [3.8, 4) is 5.88 Å². The third-order valence-corrected chi connectivity index (χ3v) is 4.67. The molecule has 2 aromatic heterocycles. The maximum absolute atomic E-state index is 9.73. The quantitative estimate of drug-likeness (QED) is 0.776. The Kier molecular flexibility index (Phi) is 4.71. The van der Waals surface area contributed by atoms with Gasteiger partial charge in [-0.3, -0.25) is 0 Å². The van der Waals surface area contributed by atoms with Gasteiger partial charge in [0, 0.05) is 0 Å². The fraction of sp³-hybridized carbons (Fsp3) is 0.450. The molecular formula is C20H26N4O2. The summed E-state index contributed by atoms with van der Waals surface area (Å²) in [5.74, 6) is 1.05. The van der Waals surface area contributed by atoms with E-state index < -0.39 is 0 Å². The Labute approximate surface area is 153 Å². The average Bonchev–Trinajstić information content (AvgIpc) is 2.98. The maximum atomic E-state index is 9.73. The zero-order valence-corrected chi connectivity index (χ0v) is 16.2. The van der Waals surface area contributed by atoms with Crippen LogP contribution in [0.1, 0.15) is 56.4 Å². The summed E-state index contributed by atoms with van der Waals surface area (Å²) in [5, 5.41) is 15.0. The molecule has 0 saturated heterocycles. The van der Waals surface area contributed by atoms with E-state index in [1.807, 2.05) is 11.6 Å². The van der Waals surface area contributed by atoms with Crippen LogP contribution in [0, 0.1) is 6.92 Å². The van der Waals surface area contributed by atoms with Crippen LogP contribution >= 0.6 is 0 Å². The van der Waals surface area contributed by atoms with Crippen LogP contribution in [-0.2, 0) is 12.0 Å². The molecule has 0 aliphatic carbocycles. The van der Waals surface area contributed by atoms with Gasteiger partial charge in [-0.1, -0.05) is 45.0 Å². The van der Waals surface area contributed by atoms with Gasteiger partial charge in [-0.15, -0.1) is 0 Å². The third kappa shape index (κ3) is 3.17. The highest BCUT2D eigenvalue weighted by Gasteiger charge is 2.22. The van der Waals surface area contributed by atoms with E-state index in [-0.39, 0.29) is 18.1 Å². The second-order valence-electron chi connectivity index (χ2n) is 7.58. The summed E-state index contributed by atoms with van der Waals surface area (Å²) < 4.78 is 7.22. The predicted molar refractivity (Wildman–Crippen MR) is 101 cm³/mol. The van der Waals surface area contributed by atoms with Crippen molar-refractivity contribution in [3.05, 3.63) is 46.9 Å². The molecule has 1 atom stereocenters. The summed E-state index contributed by atoms with van der Waals surface area (Å²) in [6, 6.07) is 8.54. The lowest BCUT2D eigenvalue weighted by molar-refractivity contribution is 0.275. The van der Waals surface area contributed by atoms with Crippen LogP contribution in [0.4, 0.5) is 0 Å². The Hall–Kier alpha value is -2.47. The van der Waals surface area contributed by atoms with Crippen LogP contribution in [0.3, 0.4) is 0 Å². The number of aryl methyl sites for hydroxylation is 1. The highest BCUT2D eigenvalue weighted by molar-refractivity contribution is 5.84. The van der Waals surface area contributed by atoms with E-state index in [4.69, 9.17) is 4.74 Å². The first-order valence-electron chi connectivity index (χ1n) is 8.77. The van der Waals surface area contributed by atoms with Gasteiger partial charge in [-0.05, 0) is 30.4 Å². The standard InChI is InChI=1S/C20H26N4O2/c1-12(14-7-9-15(10-8-14)20(3,4)5)24-18-17(16(11-25)23-24)19(26-6)22-13(2)21-18/h7-10,12,25H,11H2,1-6H3/t12-/m0/s1. The number of fused-ring (bicyclic) bond motifs is 1. The lowest BCUT2D eigenvalue weighted by Gasteiger charge is -2.20. The van der Waals surface area contributed by atoms with Crippen LogP contribution in [-0.4, -0.2) is 32.0 Å². The molecule has 26 heavy (non-hydrogen) atoms. The van der Waals surface area contributed by atoms with Crippen molar-refractivity contribution in [2.45, 2.75) is 52.7 Å². The monoisotopic (exact) mass is 354 g/mol. The first-order valence-corrected chi connectivity index (χ1v) is 8.77. The molecule has 0 radical (unpaired) electrons. The molecule has 3 aromatic rings. The minimum Gasteiger partial charge on any atom is -0.480 e. The molecule has 0 aliphatic heterocycles. The minimum absolute atomic E-state index is 0.0363. The fourth-order valence-corrected chi connectivity index (χ4v) is 3.11. The normalized spacial score (nSPS) is 13.2. The Morgan fingerprint density at radius 1 is 1.15 bits per heavy atom. The molecule has 1 aromatic carbocycles. The topological polar surface area (TPSA) is 73.1 Å². The summed E-state index contributed by atoms with van der Waals surface area (Å²) in [4.78, 5) is 8.87. The van der Waals surface area contributed by atoms with Gasteiger partial charge in [0.15, 0.2) is 5.65 Å². The average molecular weight is 354 g/mol. The summed E-state index contributed by atoms with van der Waals surface area (Å²) in [7, 11) is 1.56. The number of nitrogens with zero attached hydrogens (tertiary/aromatic N) is 4. The van der Waals surface area contributed by atoms with Crippen molar-refractivity contribution >= 4 is 11.0 Å². The molecule has 1 N–H and O–H groups in total. The van der Waals surface area contributed by atoms with Gasteiger partial charge in [0.1, 0.15) is 16.9 Å². The van der Waals surface area contributed by atoms with Gasteiger partial charge in [0.2, 0.25) is 5.88 Å². The number of hydrogen-bond acceptors (Lipinski definition) is 5. The van der Waals surface area contributed by atoms with Gasteiger partial charge in [0.05, 0.1) is 19.8 Å². The molecule has 6 heteroatoms. The molecule has 138 valence electrons. The fourth-order valence-electron chi connectivity index (χ4n) is 3.11. The SMILES string of the molecule is COc1nc(C)nc2c1c(CO)nn2[C@@H](C)c1ccc(C(C)(C)C)cc1. The van der Waals surface area contributed by atoms with Gasteiger partial charge in [-0.25, -0.2) is 9.67 Å². The summed E-state index contributed by atoms with van der Waals surface area (Å²) >= 11 is 0. The van der Waals surface area contributed by atoms with Crippen LogP contribution in [0.2, 0.25) is 0 Å². The van der Waals surface area contributed by atoms with Crippen molar-refractivity contribution < 1.29 is 9.84 Å². The molecule has 0 spiro atoms. The summed E-state index contributed by atoms with van der Waals surface area (Å²) in [6.07, 6.45) is 0. The number of hydrogen-bond donors (Lipinski definition) is 1. The van der Waals surface area contributed by atoms with E-state index in [1.54, 1.807) is 7.11 Å². The van der Waals surface area contributed by atoms with E-state index in [2.05, 4.69) is 67.0 Å². The highest BCUT2D eigenvalue weighted by Crippen LogP contribution is 2.31. The van der Waals surface area contributed by atoms with Gasteiger partial charge >= 0.3 is 0 Å². The highest BCUT2D eigenvalue weighted by atomic mass is 16.5. The summed E-state index contributed by atoms with van der Waals surface area (Å²) in [6.45, 7) is 10.3. The first-order chi connectivity index (χ1) is 12.3. The smallest absolute Gasteiger partial charge is 0.228 e. The maximum Gasteiger partial charge on any atom is 0.228 e. The number of benzene rings is 1. The molecule has 2 heterocycles. The largest absolute Gasteiger partial charge is 0.480 e. The third-order valence-electron chi connectivity index (χ3n) is 4.67. The Morgan fingerprint density at radius 2 is 1.81 bits per heavy atom. The predicted octanol–water partition coefficient (Wildman–Crippen LogP) is 3.54. The molecule has 3 rings (SSSR count). The van der Waals surface area contributed by atoms with E-state index >= 15 is 0 Å². The first kappa shape index (κ1) is 18.3. The van der Waals surface area contributed by atoms with Crippen molar-refractivity contribution in [1.29, 1.82) is 0 Å². The molecule has 0 saturated carbocycles. The van der Waals surface area contributed by atoms with Crippen molar-refractivity contribution in [3.63, 3.8) is 0 Å². The van der Waals surface area contributed by atoms with Crippen LogP contribution < -0.4 is 4.74 Å². The number of methoxy groups -OCH3 is 1. The van der Waals surface area contributed by atoms with Crippen molar-refractivity contribution in [2.75, 3.05) is 7.11 Å². The number of aromatic nitrogens is 4. The molecule has 0 fully saturated rings. The van der Waals surface area contributed by atoms with E-state index in [1.165, 1.54) is 5.56 Å². The number of aliphatic hydroxyl groups is 1. The molecule has 0 aliphatic rings. The minimum atomic E-state index is -0.192. The molecule has 0 bridgehead atoms. The van der Waals surface area contributed by atoms with Crippen LogP contribution in [0.15, 0.2) is 24.3 Å². The number of ether oxygens (including phenoxy) is 1. The Bertz CT molecular complexity index is 924. The zero-order chi connectivity index (χ0) is 19.1. The van der Waals surface area contributed by atoms with Gasteiger partial charge in [0.25, 0.3) is 0 Å². The molecule has 0 unspecified atom stereocenters. The Balaban J connectivity index is 2.11. The lowest BCUT2D eigenvalue weighted by Crippen LogP contribution is -2.13. The van der Waals surface area contributed by atoms with Gasteiger partial charge in [-0.2, -0.15) is 10.1 Å². The number of rotatable bonds is 4. The van der Waals surface area contributed by atoms with Gasteiger partial charge < -0.3 is 9.84 Å².